The molecule has 2 heterocycles. The maximum Gasteiger partial charge on any atom is 0.262 e. The fourth-order valence-electron chi connectivity index (χ4n) is 2.56. The van der Waals surface area contributed by atoms with E-state index in [1.54, 1.807) is 10.9 Å². The molecule has 0 radical (unpaired) electrons. The molecule has 5 nitrogen and oxygen atoms in total. The van der Waals surface area contributed by atoms with Gasteiger partial charge < -0.3 is 4.98 Å². The monoisotopic (exact) mass is 348 g/mol. The lowest BCUT2D eigenvalue weighted by atomic mass is 10.2. The van der Waals surface area contributed by atoms with Crippen LogP contribution in [0.3, 0.4) is 0 Å². The number of rotatable bonds is 4. The van der Waals surface area contributed by atoms with Crippen LogP contribution in [0.25, 0.3) is 16.7 Å². The molecule has 0 aliphatic heterocycles. The van der Waals surface area contributed by atoms with Crippen LogP contribution in [-0.4, -0.2) is 19.7 Å². The topological polar surface area (TPSA) is 63.6 Å². The van der Waals surface area contributed by atoms with E-state index in [-0.39, 0.29) is 5.56 Å². The van der Waals surface area contributed by atoms with Gasteiger partial charge in [-0.15, -0.1) is 0 Å². The fourth-order valence-corrected chi connectivity index (χ4v) is 3.37. The summed E-state index contributed by atoms with van der Waals surface area (Å²) in [4.78, 5) is 19.8. The second kappa shape index (κ2) is 6.57. The Morgan fingerprint density at radius 1 is 1.08 bits per heavy atom. The average molecular weight is 348 g/mol. The number of hydrogen-bond acceptors (Lipinski definition) is 4. The maximum absolute atomic E-state index is 12.3. The normalized spacial score (nSPS) is 11.1. The maximum atomic E-state index is 12.3. The van der Waals surface area contributed by atoms with Crippen LogP contribution in [0, 0.1) is 6.92 Å². The number of para-hydroxylation sites is 1. The van der Waals surface area contributed by atoms with Crippen molar-refractivity contribution in [1.29, 1.82) is 0 Å². The number of nitrogens with one attached hydrogen (secondary N) is 1. The minimum atomic E-state index is -0.168. The molecule has 0 saturated heterocycles. The van der Waals surface area contributed by atoms with Gasteiger partial charge in [0, 0.05) is 5.75 Å². The van der Waals surface area contributed by atoms with Crippen LogP contribution in [0.15, 0.2) is 70.7 Å². The van der Waals surface area contributed by atoms with Gasteiger partial charge in [-0.2, -0.15) is 5.10 Å². The molecule has 0 bridgehead atoms. The van der Waals surface area contributed by atoms with E-state index in [2.05, 4.69) is 46.3 Å². The fraction of sp³-hybridized carbons (Fsp3) is 0.105. The second-order valence-corrected chi connectivity index (χ2v) is 6.74. The molecule has 4 rings (SSSR count). The summed E-state index contributed by atoms with van der Waals surface area (Å²) in [6, 6.07) is 18.0. The molecule has 0 atom stereocenters. The van der Waals surface area contributed by atoms with Gasteiger partial charge in [0.1, 0.15) is 5.39 Å². The Hall–Kier alpha value is -2.86. The summed E-state index contributed by atoms with van der Waals surface area (Å²) in [5, 5.41) is 5.40. The van der Waals surface area contributed by atoms with Crippen LogP contribution >= 0.6 is 11.8 Å². The SMILES string of the molecule is Cc1ccc(CSc2nc3c(cnn3-c3ccccc3)c(=O)[nH]2)cc1. The van der Waals surface area contributed by atoms with Crippen molar-refractivity contribution in [2.45, 2.75) is 17.8 Å². The summed E-state index contributed by atoms with van der Waals surface area (Å²) in [7, 11) is 0. The Bertz CT molecular complexity index is 1070. The predicted octanol–water partition coefficient (Wildman–Crippen LogP) is 3.71. The molecular weight excluding hydrogens is 332 g/mol. The molecular formula is C19H16N4OS. The number of thioether (sulfide) groups is 1. The van der Waals surface area contributed by atoms with Crippen LogP contribution < -0.4 is 5.56 Å². The first-order valence-electron chi connectivity index (χ1n) is 7.92. The Morgan fingerprint density at radius 3 is 2.60 bits per heavy atom. The van der Waals surface area contributed by atoms with Crippen molar-refractivity contribution in [3.8, 4) is 5.69 Å². The highest BCUT2D eigenvalue weighted by Crippen LogP contribution is 2.21. The third-order valence-corrected chi connectivity index (χ3v) is 4.86. The summed E-state index contributed by atoms with van der Waals surface area (Å²) in [5.74, 6) is 0.744. The standard InChI is InChI=1S/C19H16N4OS/c1-13-7-9-14(10-8-13)12-25-19-21-17-16(18(24)22-19)11-20-23(17)15-5-3-2-4-6-15/h2-11H,12H2,1H3,(H,21,22,24). The summed E-state index contributed by atoms with van der Waals surface area (Å²) >= 11 is 1.51. The van der Waals surface area contributed by atoms with E-state index >= 15 is 0 Å². The molecule has 0 aliphatic carbocycles. The Labute approximate surface area is 148 Å². The van der Waals surface area contributed by atoms with E-state index in [1.807, 2.05) is 30.3 Å². The predicted molar refractivity (Wildman–Crippen MR) is 100 cm³/mol. The van der Waals surface area contributed by atoms with E-state index < -0.39 is 0 Å². The molecule has 0 amide bonds. The Morgan fingerprint density at radius 2 is 1.84 bits per heavy atom. The zero-order chi connectivity index (χ0) is 17.2. The number of nitrogens with zero attached hydrogens (tertiary/aromatic N) is 3. The highest BCUT2D eigenvalue weighted by Gasteiger charge is 2.11. The quantitative estimate of drug-likeness (QED) is 0.451. The number of fused-ring (bicyclic) bond motifs is 1. The van der Waals surface area contributed by atoms with Crippen LogP contribution in [0.4, 0.5) is 0 Å². The minimum Gasteiger partial charge on any atom is -0.301 e. The molecule has 0 spiro atoms. The van der Waals surface area contributed by atoms with Gasteiger partial charge in [-0.1, -0.05) is 59.8 Å². The van der Waals surface area contributed by atoms with Gasteiger partial charge in [0.25, 0.3) is 5.56 Å². The van der Waals surface area contributed by atoms with Crippen molar-refractivity contribution < 1.29 is 0 Å². The van der Waals surface area contributed by atoms with Crippen LogP contribution in [-0.2, 0) is 5.75 Å². The molecule has 0 aliphatic rings. The summed E-state index contributed by atoms with van der Waals surface area (Å²) in [6.45, 7) is 2.06. The third-order valence-electron chi connectivity index (χ3n) is 3.91. The average Bonchev–Trinajstić information content (AvgIpc) is 3.06. The van der Waals surface area contributed by atoms with E-state index in [4.69, 9.17) is 0 Å². The smallest absolute Gasteiger partial charge is 0.262 e. The molecule has 6 heteroatoms. The van der Waals surface area contributed by atoms with Crippen LogP contribution in [0.5, 0.6) is 0 Å². The van der Waals surface area contributed by atoms with Gasteiger partial charge in [0.05, 0.1) is 11.9 Å². The van der Waals surface area contributed by atoms with E-state index in [0.717, 1.165) is 11.4 Å². The van der Waals surface area contributed by atoms with Crippen molar-refractivity contribution in [1.82, 2.24) is 19.7 Å². The van der Waals surface area contributed by atoms with Crippen molar-refractivity contribution in [3.63, 3.8) is 0 Å². The van der Waals surface area contributed by atoms with Gasteiger partial charge in [0.15, 0.2) is 10.8 Å². The number of aromatic amines is 1. The zero-order valence-electron chi connectivity index (χ0n) is 13.6. The molecule has 4 aromatic rings. The largest absolute Gasteiger partial charge is 0.301 e. The molecule has 124 valence electrons. The first-order valence-corrected chi connectivity index (χ1v) is 8.91. The lowest BCUT2D eigenvalue weighted by Gasteiger charge is -2.05. The van der Waals surface area contributed by atoms with Gasteiger partial charge >= 0.3 is 0 Å². The first kappa shape index (κ1) is 15.7. The van der Waals surface area contributed by atoms with E-state index in [1.165, 1.54) is 22.9 Å². The van der Waals surface area contributed by atoms with Gasteiger partial charge in [0.2, 0.25) is 0 Å². The van der Waals surface area contributed by atoms with Crippen molar-refractivity contribution in [2.24, 2.45) is 0 Å². The second-order valence-electron chi connectivity index (χ2n) is 5.77. The van der Waals surface area contributed by atoms with Gasteiger partial charge in [-0.05, 0) is 24.6 Å². The number of benzene rings is 2. The lowest BCUT2D eigenvalue weighted by Crippen LogP contribution is -2.09. The third kappa shape index (κ3) is 3.21. The zero-order valence-corrected chi connectivity index (χ0v) is 14.5. The highest BCUT2D eigenvalue weighted by molar-refractivity contribution is 7.98. The van der Waals surface area contributed by atoms with E-state index in [0.29, 0.717) is 16.2 Å². The van der Waals surface area contributed by atoms with Crippen LogP contribution in [0.1, 0.15) is 11.1 Å². The number of hydrogen-bond donors (Lipinski definition) is 1. The lowest BCUT2D eigenvalue weighted by molar-refractivity contribution is 0.873. The molecule has 0 fully saturated rings. The summed E-state index contributed by atoms with van der Waals surface area (Å²) in [6.07, 6.45) is 1.56. The number of aryl methyl sites for hydroxylation is 1. The van der Waals surface area contributed by atoms with Crippen molar-refractivity contribution >= 4 is 22.8 Å². The molecule has 1 N–H and O–H groups in total. The van der Waals surface area contributed by atoms with Crippen molar-refractivity contribution in [3.05, 3.63) is 82.3 Å². The number of H-pyrrole nitrogens is 1. The minimum absolute atomic E-state index is 0.168. The number of aromatic nitrogens is 4. The molecule has 0 unspecified atom stereocenters. The molecule has 2 aromatic heterocycles. The molecule has 2 aromatic carbocycles. The summed E-state index contributed by atoms with van der Waals surface area (Å²) < 4.78 is 1.69. The Balaban J connectivity index is 1.68. The molecule has 0 saturated carbocycles. The summed E-state index contributed by atoms with van der Waals surface area (Å²) in [5.41, 5.74) is 3.70. The first-order chi connectivity index (χ1) is 12.2. The van der Waals surface area contributed by atoms with Crippen LogP contribution in [0.2, 0.25) is 0 Å². The van der Waals surface area contributed by atoms with Crippen molar-refractivity contribution in [2.75, 3.05) is 0 Å². The van der Waals surface area contributed by atoms with Gasteiger partial charge in [-0.3, -0.25) is 4.79 Å². The molecule has 25 heavy (non-hydrogen) atoms. The van der Waals surface area contributed by atoms with Gasteiger partial charge in [-0.25, -0.2) is 9.67 Å². The highest BCUT2D eigenvalue weighted by atomic mass is 32.2. The Kier molecular flexibility index (Phi) is 4.11. The van der Waals surface area contributed by atoms with E-state index in [9.17, 15) is 4.79 Å².